The highest BCUT2D eigenvalue weighted by molar-refractivity contribution is 6.06. The maximum Gasteiger partial charge on any atom is 0.318 e. The van der Waals surface area contributed by atoms with Crippen molar-refractivity contribution in [1.29, 1.82) is 0 Å². The van der Waals surface area contributed by atoms with Gasteiger partial charge in [-0.2, -0.15) is 0 Å². The first-order valence-electron chi connectivity index (χ1n) is 8.11. The van der Waals surface area contributed by atoms with Gasteiger partial charge in [-0.3, -0.25) is 4.79 Å². The zero-order valence-electron chi connectivity index (χ0n) is 14.8. The lowest BCUT2D eigenvalue weighted by molar-refractivity contribution is 0.102. The summed E-state index contributed by atoms with van der Waals surface area (Å²) in [5.41, 5.74) is 4.93. The van der Waals surface area contributed by atoms with Gasteiger partial charge in [-0.1, -0.05) is 0 Å². The number of carbonyl (C=O) groups is 2. The van der Waals surface area contributed by atoms with Gasteiger partial charge in [0.25, 0.3) is 5.91 Å². The number of aryl methyl sites for hydroxylation is 2. The molecule has 1 heterocycles. The van der Waals surface area contributed by atoms with Crippen LogP contribution >= 0.6 is 0 Å². The molecule has 0 aliphatic rings. The van der Waals surface area contributed by atoms with Gasteiger partial charge in [-0.05, 0) is 56.3 Å². The van der Waals surface area contributed by atoms with Crippen molar-refractivity contribution in [3.8, 4) is 0 Å². The monoisotopic (exact) mass is 349 g/mol. The van der Waals surface area contributed by atoms with E-state index in [4.69, 9.17) is 0 Å². The van der Waals surface area contributed by atoms with E-state index >= 15 is 0 Å². The Balaban J connectivity index is 1.76. The first-order chi connectivity index (χ1) is 12.5. The third-order valence-electron chi connectivity index (χ3n) is 3.97. The number of amides is 3. The van der Waals surface area contributed by atoms with E-state index in [1.165, 1.54) is 0 Å². The molecule has 3 N–H and O–H groups in total. The van der Waals surface area contributed by atoms with E-state index in [1.54, 1.807) is 49.5 Å². The van der Waals surface area contributed by atoms with Crippen molar-refractivity contribution in [1.82, 2.24) is 15.3 Å². The Morgan fingerprint density at radius 1 is 0.808 bits per heavy atom. The molecule has 0 fully saturated rings. The number of benzene rings is 2. The lowest BCUT2D eigenvalue weighted by Crippen LogP contribution is -2.24. The number of hydrogen-bond acceptors (Lipinski definition) is 4. The van der Waals surface area contributed by atoms with Gasteiger partial charge in [-0.15, -0.1) is 0 Å². The van der Waals surface area contributed by atoms with E-state index in [-0.39, 0.29) is 11.9 Å². The summed E-state index contributed by atoms with van der Waals surface area (Å²) in [5, 5.41) is 7.96. The minimum absolute atomic E-state index is 0.237. The summed E-state index contributed by atoms with van der Waals surface area (Å²) in [6.45, 7) is 3.80. The molecule has 3 rings (SSSR count). The number of rotatable bonds is 3. The molecule has 0 unspecified atom stereocenters. The number of nitrogens with one attached hydrogen (secondary N) is 3. The summed E-state index contributed by atoms with van der Waals surface area (Å²) >= 11 is 0. The molecule has 132 valence electrons. The van der Waals surface area contributed by atoms with Crippen LogP contribution in [0.25, 0.3) is 11.0 Å². The maximum atomic E-state index is 12.5. The first kappa shape index (κ1) is 17.3. The minimum Gasteiger partial charge on any atom is -0.341 e. The van der Waals surface area contributed by atoms with Crippen molar-refractivity contribution >= 4 is 34.3 Å². The van der Waals surface area contributed by atoms with Crippen LogP contribution in [0.3, 0.4) is 0 Å². The Morgan fingerprint density at radius 2 is 1.38 bits per heavy atom. The highest BCUT2D eigenvalue weighted by Crippen LogP contribution is 2.17. The molecule has 0 saturated carbocycles. The van der Waals surface area contributed by atoms with E-state index in [9.17, 15) is 9.59 Å². The molecule has 3 aromatic rings. The molecule has 2 aromatic carbocycles. The zero-order chi connectivity index (χ0) is 18.7. The second kappa shape index (κ2) is 7.18. The molecular formula is C19H19N5O2. The van der Waals surface area contributed by atoms with Crippen LogP contribution in [0.5, 0.6) is 0 Å². The summed E-state index contributed by atoms with van der Waals surface area (Å²) in [7, 11) is 1.54. The van der Waals surface area contributed by atoms with Gasteiger partial charge in [0, 0.05) is 24.0 Å². The SMILES string of the molecule is CNC(=O)Nc1ccc(NC(=O)c2ccc3nc(C)c(C)nc3c2)cc1. The minimum atomic E-state index is -0.301. The molecule has 0 bridgehead atoms. The molecule has 7 heteroatoms. The average Bonchev–Trinajstić information content (AvgIpc) is 2.63. The summed E-state index contributed by atoms with van der Waals surface area (Å²) in [5.74, 6) is -0.237. The molecule has 7 nitrogen and oxygen atoms in total. The fraction of sp³-hybridized carbons (Fsp3) is 0.158. The van der Waals surface area contributed by atoms with E-state index < -0.39 is 0 Å². The summed E-state index contributed by atoms with van der Waals surface area (Å²) in [4.78, 5) is 32.7. The van der Waals surface area contributed by atoms with E-state index in [0.717, 1.165) is 16.9 Å². The average molecular weight is 349 g/mol. The van der Waals surface area contributed by atoms with E-state index in [2.05, 4.69) is 25.9 Å². The predicted molar refractivity (Wildman–Crippen MR) is 101 cm³/mol. The van der Waals surface area contributed by atoms with Gasteiger partial charge in [0.2, 0.25) is 0 Å². The number of carbonyl (C=O) groups excluding carboxylic acids is 2. The highest BCUT2D eigenvalue weighted by atomic mass is 16.2. The van der Waals surface area contributed by atoms with Gasteiger partial charge < -0.3 is 16.0 Å². The zero-order valence-corrected chi connectivity index (χ0v) is 14.8. The summed E-state index contributed by atoms with van der Waals surface area (Å²) < 4.78 is 0. The van der Waals surface area contributed by atoms with Crippen LogP contribution in [0.4, 0.5) is 16.2 Å². The van der Waals surface area contributed by atoms with Crippen molar-refractivity contribution in [3.63, 3.8) is 0 Å². The Hall–Kier alpha value is -3.48. The normalized spacial score (nSPS) is 10.4. The number of nitrogens with zero attached hydrogens (tertiary/aromatic N) is 2. The molecule has 1 aromatic heterocycles. The Morgan fingerprint density at radius 3 is 2.00 bits per heavy atom. The summed E-state index contributed by atoms with van der Waals surface area (Å²) in [6.07, 6.45) is 0. The second-order valence-electron chi connectivity index (χ2n) is 5.83. The van der Waals surface area contributed by atoms with Gasteiger partial charge in [0.15, 0.2) is 0 Å². The number of aromatic nitrogens is 2. The van der Waals surface area contributed by atoms with Crippen LogP contribution in [0, 0.1) is 13.8 Å². The Kier molecular flexibility index (Phi) is 4.79. The van der Waals surface area contributed by atoms with E-state index in [1.807, 2.05) is 13.8 Å². The number of anilines is 2. The van der Waals surface area contributed by atoms with E-state index in [0.29, 0.717) is 22.5 Å². The largest absolute Gasteiger partial charge is 0.341 e. The number of hydrogen-bond donors (Lipinski definition) is 3. The maximum absolute atomic E-state index is 12.5. The molecule has 26 heavy (non-hydrogen) atoms. The van der Waals surface area contributed by atoms with Crippen molar-refractivity contribution < 1.29 is 9.59 Å². The fourth-order valence-corrected chi connectivity index (χ4v) is 2.41. The molecule has 3 amide bonds. The van der Waals surface area contributed by atoms with Crippen LogP contribution in [-0.4, -0.2) is 29.0 Å². The van der Waals surface area contributed by atoms with Gasteiger partial charge in [-0.25, -0.2) is 14.8 Å². The van der Waals surface area contributed by atoms with Crippen LogP contribution in [0.15, 0.2) is 42.5 Å². The molecule has 0 aliphatic heterocycles. The topological polar surface area (TPSA) is 96.0 Å². The van der Waals surface area contributed by atoms with Gasteiger partial charge in [0.1, 0.15) is 0 Å². The van der Waals surface area contributed by atoms with Gasteiger partial charge >= 0.3 is 6.03 Å². The molecular weight excluding hydrogens is 330 g/mol. The van der Waals surface area contributed by atoms with Crippen LogP contribution in [0.2, 0.25) is 0 Å². The Bertz CT molecular complexity index is 983. The fourth-order valence-electron chi connectivity index (χ4n) is 2.41. The van der Waals surface area contributed by atoms with Crippen LogP contribution in [-0.2, 0) is 0 Å². The quantitative estimate of drug-likeness (QED) is 0.676. The highest BCUT2D eigenvalue weighted by Gasteiger charge is 2.09. The second-order valence-corrected chi connectivity index (χ2v) is 5.83. The lowest BCUT2D eigenvalue weighted by Gasteiger charge is -2.08. The molecule has 0 aliphatic carbocycles. The van der Waals surface area contributed by atoms with Crippen molar-refractivity contribution in [3.05, 3.63) is 59.4 Å². The molecule has 0 radical (unpaired) electrons. The summed E-state index contributed by atoms with van der Waals surface area (Å²) in [6, 6.07) is 11.8. The standard InChI is InChI=1S/C19H19N5O2/c1-11-12(2)22-17-10-13(4-9-16(17)21-11)18(25)23-14-5-7-15(8-6-14)24-19(26)20-3/h4-10H,1-3H3,(H,23,25)(H2,20,24,26). The first-order valence-corrected chi connectivity index (χ1v) is 8.11. The van der Waals surface area contributed by atoms with Crippen LogP contribution in [0.1, 0.15) is 21.7 Å². The molecule has 0 atom stereocenters. The predicted octanol–water partition coefficient (Wildman–Crippen LogP) is 3.25. The molecule has 0 spiro atoms. The third-order valence-corrected chi connectivity index (χ3v) is 3.97. The smallest absolute Gasteiger partial charge is 0.318 e. The van der Waals surface area contributed by atoms with Crippen molar-refractivity contribution in [2.24, 2.45) is 0 Å². The van der Waals surface area contributed by atoms with Crippen LogP contribution < -0.4 is 16.0 Å². The third kappa shape index (κ3) is 3.77. The number of urea groups is 1. The van der Waals surface area contributed by atoms with Crippen molar-refractivity contribution in [2.45, 2.75) is 13.8 Å². The lowest BCUT2D eigenvalue weighted by atomic mass is 10.1. The Labute approximate surface area is 150 Å². The van der Waals surface area contributed by atoms with Gasteiger partial charge in [0.05, 0.1) is 22.4 Å². The van der Waals surface area contributed by atoms with Crippen molar-refractivity contribution in [2.75, 3.05) is 17.7 Å². The molecule has 0 saturated heterocycles. The number of fused-ring (bicyclic) bond motifs is 1.